The third-order valence-corrected chi connectivity index (χ3v) is 2.79. The van der Waals surface area contributed by atoms with E-state index in [4.69, 9.17) is 0 Å². The molecule has 0 bridgehead atoms. The van der Waals surface area contributed by atoms with Gasteiger partial charge in [-0.2, -0.15) is 0 Å². The lowest BCUT2D eigenvalue weighted by atomic mass is 10.1. The molecule has 0 aliphatic heterocycles. The van der Waals surface area contributed by atoms with Gasteiger partial charge in [-0.05, 0) is 24.6 Å². The Morgan fingerprint density at radius 3 is 2.55 bits per heavy atom. The van der Waals surface area contributed by atoms with Crippen molar-refractivity contribution < 1.29 is 22.9 Å². The maximum Gasteiger partial charge on any atom is 0.287 e. The molecule has 9 heteroatoms. The molecule has 0 saturated heterocycles. The second-order valence-electron chi connectivity index (χ2n) is 4.29. The van der Waals surface area contributed by atoms with Gasteiger partial charge in [-0.25, -0.2) is 18.2 Å². The molecule has 0 saturated carbocycles. The molecule has 0 radical (unpaired) electrons. The van der Waals surface area contributed by atoms with Gasteiger partial charge >= 0.3 is 0 Å². The van der Waals surface area contributed by atoms with Crippen LogP contribution in [0.5, 0.6) is 0 Å². The number of benzene rings is 1. The molecule has 1 aromatic heterocycles. The molecule has 6 nitrogen and oxygen atoms in total. The van der Waals surface area contributed by atoms with Crippen molar-refractivity contribution in [2.24, 2.45) is 0 Å². The first-order valence-electron chi connectivity index (χ1n) is 5.87. The standard InChI is InChI=1S/C13H8F3N3O3/c1-6-4-7(19(21)22)5-17-12(6)18-13(20)8-2-3-9(14)11(16)10(8)15/h2-5H,1H3,(H,17,18,20). The highest BCUT2D eigenvalue weighted by atomic mass is 19.2. The Hall–Kier alpha value is -2.97. The van der Waals surface area contributed by atoms with Crippen molar-refractivity contribution in [1.82, 2.24) is 4.98 Å². The number of nitrogens with one attached hydrogen (secondary N) is 1. The quantitative estimate of drug-likeness (QED) is 0.536. The third-order valence-electron chi connectivity index (χ3n) is 2.79. The van der Waals surface area contributed by atoms with Gasteiger partial charge in [0.15, 0.2) is 17.5 Å². The van der Waals surface area contributed by atoms with E-state index < -0.39 is 33.8 Å². The largest absolute Gasteiger partial charge is 0.306 e. The predicted molar refractivity (Wildman–Crippen MR) is 69.9 cm³/mol. The summed E-state index contributed by atoms with van der Waals surface area (Å²) in [5, 5.41) is 12.8. The number of aromatic nitrogens is 1. The van der Waals surface area contributed by atoms with Crippen LogP contribution >= 0.6 is 0 Å². The van der Waals surface area contributed by atoms with Crippen LogP contribution in [0.25, 0.3) is 0 Å². The Bertz CT molecular complexity index is 781. The minimum Gasteiger partial charge on any atom is -0.306 e. The fraction of sp³-hybridized carbons (Fsp3) is 0.0769. The topological polar surface area (TPSA) is 85.1 Å². The van der Waals surface area contributed by atoms with Gasteiger partial charge in [0.05, 0.1) is 10.5 Å². The van der Waals surface area contributed by atoms with E-state index in [1.807, 2.05) is 0 Å². The molecule has 0 spiro atoms. The van der Waals surface area contributed by atoms with Gasteiger partial charge in [-0.15, -0.1) is 0 Å². The Morgan fingerprint density at radius 2 is 1.95 bits per heavy atom. The van der Waals surface area contributed by atoms with Gasteiger partial charge in [-0.3, -0.25) is 14.9 Å². The molecule has 2 rings (SSSR count). The highest BCUT2D eigenvalue weighted by molar-refractivity contribution is 6.04. The van der Waals surface area contributed by atoms with Gasteiger partial charge in [0.2, 0.25) is 0 Å². The van der Waals surface area contributed by atoms with Crippen LogP contribution in [0, 0.1) is 34.5 Å². The molecule has 1 aromatic carbocycles. The summed E-state index contributed by atoms with van der Waals surface area (Å²) in [6.07, 6.45) is 0.907. The number of hydrogen-bond acceptors (Lipinski definition) is 4. The van der Waals surface area contributed by atoms with Crippen molar-refractivity contribution in [3.8, 4) is 0 Å². The van der Waals surface area contributed by atoms with Gasteiger partial charge in [0.25, 0.3) is 11.6 Å². The summed E-state index contributed by atoms with van der Waals surface area (Å²) < 4.78 is 39.4. The first-order valence-corrected chi connectivity index (χ1v) is 5.87. The van der Waals surface area contributed by atoms with Crippen LogP contribution in [0.1, 0.15) is 15.9 Å². The third kappa shape index (κ3) is 2.87. The van der Waals surface area contributed by atoms with Crippen LogP contribution < -0.4 is 5.32 Å². The maximum absolute atomic E-state index is 13.5. The Kier molecular flexibility index (Phi) is 4.06. The number of carbonyl (C=O) groups is 1. The average Bonchev–Trinajstić information content (AvgIpc) is 2.46. The summed E-state index contributed by atoms with van der Waals surface area (Å²) in [6.45, 7) is 1.44. The maximum atomic E-state index is 13.5. The number of anilines is 1. The van der Waals surface area contributed by atoms with Crippen molar-refractivity contribution in [2.75, 3.05) is 5.32 Å². The van der Waals surface area contributed by atoms with Crippen LogP contribution in [0.15, 0.2) is 24.4 Å². The number of carbonyl (C=O) groups excluding carboxylic acids is 1. The summed E-state index contributed by atoms with van der Waals surface area (Å²) in [5.41, 5.74) is -0.737. The van der Waals surface area contributed by atoms with E-state index in [0.29, 0.717) is 6.07 Å². The van der Waals surface area contributed by atoms with Gasteiger partial charge in [0, 0.05) is 6.07 Å². The molecule has 0 fully saturated rings. The summed E-state index contributed by atoms with van der Waals surface area (Å²) >= 11 is 0. The molecule has 114 valence electrons. The molecule has 1 heterocycles. The fourth-order valence-corrected chi connectivity index (χ4v) is 1.67. The number of nitro groups is 1. The summed E-state index contributed by atoms with van der Waals surface area (Å²) in [6, 6.07) is 2.55. The molecular weight excluding hydrogens is 303 g/mol. The molecule has 0 aliphatic carbocycles. The molecule has 1 amide bonds. The lowest BCUT2D eigenvalue weighted by molar-refractivity contribution is -0.385. The summed E-state index contributed by atoms with van der Waals surface area (Å²) in [7, 11) is 0. The summed E-state index contributed by atoms with van der Waals surface area (Å²) in [5.74, 6) is -5.92. The van der Waals surface area contributed by atoms with E-state index in [2.05, 4.69) is 10.3 Å². The molecule has 0 unspecified atom stereocenters. The van der Waals surface area contributed by atoms with E-state index >= 15 is 0 Å². The number of hydrogen-bond donors (Lipinski definition) is 1. The molecule has 0 atom stereocenters. The number of halogens is 3. The number of rotatable bonds is 3. The summed E-state index contributed by atoms with van der Waals surface area (Å²) in [4.78, 5) is 25.4. The molecule has 2 aromatic rings. The number of pyridine rings is 1. The Morgan fingerprint density at radius 1 is 1.27 bits per heavy atom. The minimum absolute atomic E-state index is 0.0558. The van der Waals surface area contributed by atoms with Crippen LogP contribution in [0.3, 0.4) is 0 Å². The van der Waals surface area contributed by atoms with Gasteiger partial charge < -0.3 is 5.32 Å². The zero-order chi connectivity index (χ0) is 16.4. The van der Waals surface area contributed by atoms with Crippen LogP contribution in [0.4, 0.5) is 24.7 Å². The number of amides is 1. The van der Waals surface area contributed by atoms with Gasteiger partial charge in [0.1, 0.15) is 12.0 Å². The van der Waals surface area contributed by atoms with Crippen LogP contribution in [-0.2, 0) is 0 Å². The Labute approximate surface area is 121 Å². The average molecular weight is 311 g/mol. The van der Waals surface area contributed by atoms with Crippen molar-refractivity contribution in [2.45, 2.75) is 6.92 Å². The normalized spacial score (nSPS) is 10.4. The van der Waals surface area contributed by atoms with Crippen molar-refractivity contribution in [3.05, 3.63) is 63.1 Å². The number of aryl methyl sites for hydroxylation is 1. The van der Waals surface area contributed by atoms with E-state index in [1.54, 1.807) is 0 Å². The van der Waals surface area contributed by atoms with E-state index in [1.165, 1.54) is 6.92 Å². The zero-order valence-corrected chi connectivity index (χ0v) is 11.1. The van der Waals surface area contributed by atoms with E-state index in [9.17, 15) is 28.1 Å². The number of nitrogens with zero attached hydrogens (tertiary/aromatic N) is 2. The highest BCUT2D eigenvalue weighted by Gasteiger charge is 2.20. The van der Waals surface area contributed by atoms with Crippen LogP contribution in [-0.4, -0.2) is 15.8 Å². The Balaban J connectivity index is 2.30. The fourth-order valence-electron chi connectivity index (χ4n) is 1.67. The second-order valence-corrected chi connectivity index (χ2v) is 4.29. The zero-order valence-electron chi connectivity index (χ0n) is 11.1. The van der Waals surface area contributed by atoms with Crippen molar-refractivity contribution in [1.29, 1.82) is 0 Å². The van der Waals surface area contributed by atoms with Crippen LogP contribution in [0.2, 0.25) is 0 Å². The van der Waals surface area contributed by atoms with Gasteiger partial charge in [-0.1, -0.05) is 0 Å². The first kappa shape index (κ1) is 15.4. The second kappa shape index (κ2) is 5.80. The highest BCUT2D eigenvalue weighted by Crippen LogP contribution is 2.20. The van der Waals surface area contributed by atoms with E-state index in [0.717, 1.165) is 18.3 Å². The minimum atomic E-state index is -1.76. The van der Waals surface area contributed by atoms with E-state index in [-0.39, 0.29) is 17.1 Å². The molecule has 1 N–H and O–H groups in total. The monoisotopic (exact) mass is 311 g/mol. The first-order chi connectivity index (χ1) is 10.3. The molecule has 0 aliphatic rings. The SMILES string of the molecule is Cc1cc([N+](=O)[O-])cnc1NC(=O)c1ccc(F)c(F)c1F. The van der Waals surface area contributed by atoms with Crippen molar-refractivity contribution in [3.63, 3.8) is 0 Å². The predicted octanol–water partition coefficient (Wildman–Crippen LogP) is 2.97. The molecule has 22 heavy (non-hydrogen) atoms. The van der Waals surface area contributed by atoms with Crippen molar-refractivity contribution >= 4 is 17.4 Å². The smallest absolute Gasteiger partial charge is 0.287 e. The lowest BCUT2D eigenvalue weighted by Gasteiger charge is -2.08. The molecular formula is C13H8F3N3O3. The lowest BCUT2D eigenvalue weighted by Crippen LogP contribution is -2.16.